The third-order valence-electron chi connectivity index (χ3n) is 6.87. The van der Waals surface area contributed by atoms with Crippen LogP contribution in [0.4, 0.5) is 0 Å². The van der Waals surface area contributed by atoms with Crippen LogP contribution >= 0.6 is 0 Å². The summed E-state index contributed by atoms with van der Waals surface area (Å²) >= 11 is 0. The maximum Gasteiger partial charge on any atom is 0.343 e. The molecule has 0 saturated carbocycles. The Bertz CT molecular complexity index is 1420. The summed E-state index contributed by atoms with van der Waals surface area (Å²) in [5, 5.41) is 0. The fourth-order valence-electron chi connectivity index (χ4n) is 4.63. The fourth-order valence-corrected chi connectivity index (χ4v) is 4.63. The van der Waals surface area contributed by atoms with Crippen LogP contribution in [0.3, 0.4) is 0 Å². The monoisotopic (exact) mass is 492 g/mol. The number of carbonyl (C=O) groups excluding carboxylic acids is 2. The zero-order valence-electron chi connectivity index (χ0n) is 22.3. The first-order chi connectivity index (χ1) is 17.7. The van der Waals surface area contributed by atoms with Crippen LogP contribution in [0.5, 0.6) is 5.75 Å². The first-order valence-corrected chi connectivity index (χ1v) is 12.3. The van der Waals surface area contributed by atoms with Gasteiger partial charge in [-0.25, -0.2) is 9.59 Å². The van der Waals surface area contributed by atoms with Gasteiger partial charge in [0, 0.05) is 0 Å². The lowest BCUT2D eigenvalue weighted by molar-refractivity contribution is 0.0600. The van der Waals surface area contributed by atoms with E-state index >= 15 is 0 Å². The smallest absolute Gasteiger partial charge is 0.343 e. The van der Waals surface area contributed by atoms with Crippen LogP contribution in [0.15, 0.2) is 72.8 Å². The van der Waals surface area contributed by atoms with Crippen molar-refractivity contribution in [2.24, 2.45) is 0 Å². The highest BCUT2D eigenvalue weighted by atomic mass is 16.5. The van der Waals surface area contributed by atoms with Crippen molar-refractivity contribution in [3.05, 3.63) is 123 Å². The predicted octanol–water partition coefficient (Wildman–Crippen LogP) is 7.49. The zero-order chi connectivity index (χ0) is 26.7. The normalized spacial score (nSPS) is 10.8. The molecule has 0 unspecified atom stereocenters. The molecule has 4 aromatic rings. The van der Waals surface area contributed by atoms with Crippen LogP contribution < -0.4 is 4.74 Å². The average Bonchev–Trinajstić information content (AvgIpc) is 2.89. The van der Waals surface area contributed by atoms with E-state index in [1.165, 1.54) is 34.9 Å². The van der Waals surface area contributed by atoms with Crippen molar-refractivity contribution < 1.29 is 19.1 Å². The highest BCUT2D eigenvalue weighted by Crippen LogP contribution is 2.28. The summed E-state index contributed by atoms with van der Waals surface area (Å²) in [7, 11) is 1.36. The lowest BCUT2D eigenvalue weighted by Gasteiger charge is -2.14. The molecule has 4 aromatic carbocycles. The topological polar surface area (TPSA) is 52.6 Å². The minimum absolute atomic E-state index is 0.372. The summed E-state index contributed by atoms with van der Waals surface area (Å²) in [6.07, 6.45) is 0.833. The Morgan fingerprint density at radius 3 is 1.43 bits per heavy atom. The molecule has 0 radical (unpaired) electrons. The maximum atomic E-state index is 12.9. The summed E-state index contributed by atoms with van der Waals surface area (Å²) in [6.45, 7) is 10.4. The number of esters is 2. The highest BCUT2D eigenvalue weighted by Gasteiger charge is 2.15. The van der Waals surface area contributed by atoms with Gasteiger partial charge in [-0.2, -0.15) is 0 Å². The Morgan fingerprint density at radius 2 is 1.00 bits per heavy atom. The van der Waals surface area contributed by atoms with E-state index in [1.807, 2.05) is 38.1 Å². The van der Waals surface area contributed by atoms with Gasteiger partial charge in [0.15, 0.2) is 0 Å². The fraction of sp³-hybridized carbons (Fsp3) is 0.212. The molecule has 0 aliphatic rings. The largest absolute Gasteiger partial charge is 0.465 e. The number of ether oxygens (including phenoxy) is 2. The van der Waals surface area contributed by atoms with Gasteiger partial charge in [0.2, 0.25) is 0 Å². The van der Waals surface area contributed by atoms with E-state index in [4.69, 9.17) is 9.47 Å². The third kappa shape index (κ3) is 5.80. The van der Waals surface area contributed by atoms with Gasteiger partial charge in [-0.15, -0.1) is 0 Å². The number of carbonyl (C=O) groups is 2. The number of rotatable bonds is 6. The number of methoxy groups -OCH3 is 1. The maximum absolute atomic E-state index is 12.9. The van der Waals surface area contributed by atoms with Crippen molar-refractivity contribution in [2.45, 2.75) is 41.0 Å². The molecular weight excluding hydrogens is 460 g/mol. The van der Waals surface area contributed by atoms with E-state index in [2.05, 4.69) is 45.0 Å². The Kier molecular flexibility index (Phi) is 7.58. The lowest BCUT2D eigenvalue weighted by Crippen LogP contribution is -2.10. The van der Waals surface area contributed by atoms with Crippen molar-refractivity contribution >= 4 is 11.9 Å². The number of aryl methyl sites for hydroxylation is 4. The molecule has 0 heterocycles. The molecule has 37 heavy (non-hydrogen) atoms. The molecule has 0 bridgehead atoms. The van der Waals surface area contributed by atoms with Crippen molar-refractivity contribution in [3.8, 4) is 16.9 Å². The summed E-state index contributed by atoms with van der Waals surface area (Å²) < 4.78 is 10.6. The number of hydrogen-bond donors (Lipinski definition) is 0. The Balaban J connectivity index is 1.48. The molecule has 0 saturated heterocycles. The molecule has 0 fully saturated rings. The van der Waals surface area contributed by atoms with Crippen LogP contribution in [0.1, 0.15) is 59.7 Å². The van der Waals surface area contributed by atoms with Crippen LogP contribution in [-0.4, -0.2) is 19.0 Å². The van der Waals surface area contributed by atoms with Gasteiger partial charge in [0.1, 0.15) is 5.75 Å². The van der Waals surface area contributed by atoms with E-state index in [0.29, 0.717) is 16.9 Å². The van der Waals surface area contributed by atoms with Gasteiger partial charge in [0.05, 0.1) is 18.2 Å². The molecule has 0 N–H and O–H groups in total. The molecule has 0 spiro atoms. The van der Waals surface area contributed by atoms with Gasteiger partial charge in [-0.3, -0.25) is 0 Å². The second-order valence-electron chi connectivity index (χ2n) is 9.63. The summed E-state index contributed by atoms with van der Waals surface area (Å²) in [5.74, 6) is -0.160. The number of hydrogen-bond acceptors (Lipinski definition) is 4. The summed E-state index contributed by atoms with van der Waals surface area (Å²) in [6, 6.07) is 23.1. The Hall–Kier alpha value is -4.18. The minimum Gasteiger partial charge on any atom is -0.465 e. The minimum atomic E-state index is -0.392. The molecule has 0 atom stereocenters. The molecule has 188 valence electrons. The number of benzene rings is 4. The zero-order valence-corrected chi connectivity index (χ0v) is 22.3. The van der Waals surface area contributed by atoms with Crippen LogP contribution in [-0.2, 0) is 11.2 Å². The first kappa shape index (κ1) is 25.9. The molecule has 0 aliphatic heterocycles. The van der Waals surface area contributed by atoms with Gasteiger partial charge in [-0.05, 0) is 115 Å². The summed E-state index contributed by atoms with van der Waals surface area (Å²) in [5.41, 5.74) is 11.1. The van der Waals surface area contributed by atoms with Crippen molar-refractivity contribution in [1.29, 1.82) is 0 Å². The van der Waals surface area contributed by atoms with E-state index < -0.39 is 5.97 Å². The molecule has 4 rings (SSSR count). The van der Waals surface area contributed by atoms with Gasteiger partial charge < -0.3 is 9.47 Å². The molecule has 4 heteroatoms. The van der Waals surface area contributed by atoms with Crippen LogP contribution in [0.25, 0.3) is 11.1 Å². The Morgan fingerprint density at radius 1 is 0.595 bits per heavy atom. The average molecular weight is 493 g/mol. The molecule has 4 nitrogen and oxygen atoms in total. The SMILES string of the molecule is COC(=O)c1ccc(-c2ccc(C(=O)Oc3c(C)cc(Cc4cc(C)c(C)c(C)c4)cc3C)cc2)cc1. The molecule has 0 aliphatic carbocycles. The molecule has 0 aromatic heterocycles. The van der Waals surface area contributed by atoms with E-state index in [0.717, 1.165) is 28.7 Å². The van der Waals surface area contributed by atoms with Crippen molar-refractivity contribution in [2.75, 3.05) is 7.11 Å². The predicted molar refractivity (Wildman–Crippen MR) is 148 cm³/mol. The highest BCUT2D eigenvalue weighted by molar-refractivity contribution is 5.92. The second-order valence-corrected chi connectivity index (χ2v) is 9.63. The summed E-state index contributed by atoms with van der Waals surface area (Å²) in [4.78, 5) is 24.6. The van der Waals surface area contributed by atoms with Crippen molar-refractivity contribution in [3.63, 3.8) is 0 Å². The lowest BCUT2D eigenvalue weighted by atomic mass is 9.95. The third-order valence-corrected chi connectivity index (χ3v) is 6.87. The van der Waals surface area contributed by atoms with Crippen LogP contribution in [0.2, 0.25) is 0 Å². The molecule has 0 amide bonds. The van der Waals surface area contributed by atoms with Crippen molar-refractivity contribution in [1.82, 2.24) is 0 Å². The van der Waals surface area contributed by atoms with Crippen LogP contribution in [0, 0.1) is 34.6 Å². The van der Waals surface area contributed by atoms with Gasteiger partial charge >= 0.3 is 11.9 Å². The second kappa shape index (κ2) is 10.8. The van der Waals surface area contributed by atoms with Gasteiger partial charge in [0.25, 0.3) is 0 Å². The van der Waals surface area contributed by atoms with Gasteiger partial charge in [-0.1, -0.05) is 48.5 Å². The van der Waals surface area contributed by atoms with E-state index in [9.17, 15) is 9.59 Å². The Labute approximate surface area is 218 Å². The first-order valence-electron chi connectivity index (χ1n) is 12.3. The van der Waals surface area contributed by atoms with E-state index in [-0.39, 0.29) is 5.97 Å². The molecular formula is C33H32O4. The standard InChI is InChI=1S/C33H32O4/c1-20-15-25(16-21(2)24(20)5)19-26-17-22(3)31(23(4)18-26)37-33(35)30-13-9-28(10-14-30)27-7-11-29(12-8-27)32(34)36-6/h7-18H,19H2,1-6H3. The van der Waals surface area contributed by atoms with E-state index in [1.54, 1.807) is 24.3 Å². The quantitative estimate of drug-likeness (QED) is 0.207.